The number of nitriles is 1. The fraction of sp³-hybridized carbons (Fsp3) is 0.182. The summed E-state index contributed by atoms with van der Waals surface area (Å²) in [5.41, 5.74) is 2.30. The lowest BCUT2D eigenvalue weighted by molar-refractivity contribution is 1.07. The highest BCUT2D eigenvalue weighted by molar-refractivity contribution is 6.35. The largest absolute Gasteiger partial charge is 0.366 e. The minimum atomic E-state index is -0.292. The van der Waals surface area contributed by atoms with Gasteiger partial charge in [-0.2, -0.15) is 5.26 Å². The summed E-state index contributed by atoms with van der Waals surface area (Å²) in [7, 11) is 0. The molecule has 4 heteroatoms. The van der Waals surface area contributed by atoms with Crippen molar-refractivity contribution >= 4 is 28.8 Å². The predicted molar refractivity (Wildman–Crippen MR) is 61.9 cm³/mol. The Hall–Kier alpha value is -1.17. The number of allylic oxidation sites excluding steroid dienone is 4. The van der Waals surface area contributed by atoms with E-state index in [-0.39, 0.29) is 10.8 Å². The number of H-pyrrole nitrogens is 1. The van der Waals surface area contributed by atoms with Gasteiger partial charge in [0, 0.05) is 18.0 Å². The number of nitrogens with zero attached hydrogens (tertiary/aromatic N) is 1. The van der Waals surface area contributed by atoms with Gasteiger partial charge in [-0.05, 0) is 5.57 Å². The van der Waals surface area contributed by atoms with E-state index in [4.69, 9.17) is 28.5 Å². The van der Waals surface area contributed by atoms with Crippen molar-refractivity contribution in [3.05, 3.63) is 41.7 Å². The summed E-state index contributed by atoms with van der Waals surface area (Å²) in [6, 6.07) is 2.11. The Morgan fingerprint density at radius 3 is 2.87 bits per heavy atom. The SMILES string of the molecule is N#Cc1c[nH]cc1C1=CC=CC(Cl)C1Cl. The van der Waals surface area contributed by atoms with Crippen LogP contribution in [0.4, 0.5) is 0 Å². The molecule has 0 saturated carbocycles. The molecule has 2 unspecified atom stereocenters. The van der Waals surface area contributed by atoms with Crippen LogP contribution in [0.15, 0.2) is 30.6 Å². The van der Waals surface area contributed by atoms with Gasteiger partial charge in [0.1, 0.15) is 6.07 Å². The monoisotopic (exact) mass is 238 g/mol. The Morgan fingerprint density at radius 1 is 1.33 bits per heavy atom. The van der Waals surface area contributed by atoms with E-state index in [0.29, 0.717) is 5.56 Å². The van der Waals surface area contributed by atoms with Crippen molar-refractivity contribution in [2.45, 2.75) is 10.8 Å². The highest BCUT2D eigenvalue weighted by Gasteiger charge is 2.24. The third-order valence-electron chi connectivity index (χ3n) is 2.32. The molecule has 0 spiro atoms. The minimum Gasteiger partial charge on any atom is -0.366 e. The molecule has 2 nitrogen and oxygen atoms in total. The number of hydrogen-bond acceptors (Lipinski definition) is 1. The lowest BCUT2D eigenvalue weighted by atomic mass is 9.96. The summed E-state index contributed by atoms with van der Waals surface area (Å²) in [5, 5.41) is 8.38. The quantitative estimate of drug-likeness (QED) is 0.751. The number of aromatic nitrogens is 1. The van der Waals surface area contributed by atoms with Crippen molar-refractivity contribution < 1.29 is 0 Å². The van der Waals surface area contributed by atoms with E-state index in [9.17, 15) is 0 Å². The third kappa shape index (κ3) is 1.81. The molecule has 0 fully saturated rings. The maximum Gasteiger partial charge on any atom is 0.101 e. The van der Waals surface area contributed by atoms with Crippen molar-refractivity contribution in [3.63, 3.8) is 0 Å². The number of aromatic amines is 1. The zero-order chi connectivity index (χ0) is 10.8. The van der Waals surface area contributed by atoms with Gasteiger partial charge in [0.05, 0.1) is 16.3 Å². The highest BCUT2D eigenvalue weighted by atomic mass is 35.5. The second kappa shape index (κ2) is 4.14. The first kappa shape index (κ1) is 10.4. The Kier molecular flexibility index (Phi) is 2.86. The number of halogens is 2. The Morgan fingerprint density at radius 2 is 2.13 bits per heavy atom. The van der Waals surface area contributed by atoms with Crippen LogP contribution in [0.3, 0.4) is 0 Å². The number of hydrogen-bond donors (Lipinski definition) is 1. The molecule has 2 atom stereocenters. The predicted octanol–water partition coefficient (Wildman–Crippen LogP) is 3.05. The summed E-state index contributed by atoms with van der Waals surface area (Å²) >= 11 is 12.2. The smallest absolute Gasteiger partial charge is 0.101 e. The van der Waals surface area contributed by atoms with Gasteiger partial charge in [-0.15, -0.1) is 23.2 Å². The molecule has 0 saturated heterocycles. The fourth-order valence-electron chi connectivity index (χ4n) is 1.56. The first-order chi connectivity index (χ1) is 7.24. The zero-order valence-electron chi connectivity index (χ0n) is 7.74. The Balaban J connectivity index is 2.44. The van der Waals surface area contributed by atoms with Crippen LogP contribution in [0.5, 0.6) is 0 Å². The van der Waals surface area contributed by atoms with Crippen molar-refractivity contribution in [1.29, 1.82) is 5.26 Å². The second-order valence-electron chi connectivity index (χ2n) is 3.25. The van der Waals surface area contributed by atoms with Crippen LogP contribution in [0, 0.1) is 11.3 Å². The molecule has 0 radical (unpaired) electrons. The van der Waals surface area contributed by atoms with Crippen molar-refractivity contribution in [3.8, 4) is 6.07 Å². The van der Waals surface area contributed by atoms with Crippen LogP contribution in [-0.4, -0.2) is 15.7 Å². The van der Waals surface area contributed by atoms with Crippen molar-refractivity contribution in [2.75, 3.05) is 0 Å². The summed E-state index contributed by atoms with van der Waals surface area (Å²) in [6.07, 6.45) is 9.01. The standard InChI is InChI=1S/C11H8Cl2N2/c12-10-3-1-2-8(11(10)13)9-6-15-5-7(9)4-14/h1-3,5-6,10-11,15H. The van der Waals surface area contributed by atoms with Gasteiger partial charge in [0.25, 0.3) is 0 Å². The molecule has 0 aromatic carbocycles. The van der Waals surface area contributed by atoms with E-state index >= 15 is 0 Å². The summed E-state index contributed by atoms with van der Waals surface area (Å²) in [6.45, 7) is 0. The van der Waals surface area contributed by atoms with Crippen LogP contribution in [0.25, 0.3) is 5.57 Å². The molecular weight excluding hydrogens is 231 g/mol. The van der Waals surface area contributed by atoms with Crippen LogP contribution in [0.2, 0.25) is 0 Å². The Bertz CT molecular complexity index is 465. The van der Waals surface area contributed by atoms with Crippen molar-refractivity contribution in [2.24, 2.45) is 0 Å². The molecule has 0 bridgehead atoms. The van der Waals surface area contributed by atoms with Crippen LogP contribution >= 0.6 is 23.2 Å². The molecule has 1 aromatic rings. The molecule has 1 aliphatic rings. The van der Waals surface area contributed by atoms with E-state index in [1.54, 1.807) is 12.4 Å². The van der Waals surface area contributed by atoms with Gasteiger partial charge >= 0.3 is 0 Å². The molecular formula is C11H8Cl2N2. The fourth-order valence-corrected chi connectivity index (χ4v) is 2.05. The number of rotatable bonds is 1. The van der Waals surface area contributed by atoms with Crippen LogP contribution < -0.4 is 0 Å². The van der Waals surface area contributed by atoms with Crippen LogP contribution in [0.1, 0.15) is 11.1 Å². The molecule has 15 heavy (non-hydrogen) atoms. The van der Waals surface area contributed by atoms with E-state index in [1.165, 1.54) is 0 Å². The molecule has 1 N–H and O–H groups in total. The summed E-state index contributed by atoms with van der Waals surface area (Å²) in [5.74, 6) is 0. The van der Waals surface area contributed by atoms with Gasteiger partial charge in [0.15, 0.2) is 0 Å². The van der Waals surface area contributed by atoms with E-state index in [2.05, 4.69) is 11.1 Å². The summed E-state index contributed by atoms with van der Waals surface area (Å²) < 4.78 is 0. The van der Waals surface area contributed by atoms with E-state index in [0.717, 1.165) is 11.1 Å². The van der Waals surface area contributed by atoms with Gasteiger partial charge in [-0.25, -0.2) is 0 Å². The van der Waals surface area contributed by atoms with Gasteiger partial charge in [-0.3, -0.25) is 0 Å². The minimum absolute atomic E-state index is 0.229. The maximum absolute atomic E-state index is 8.90. The highest BCUT2D eigenvalue weighted by Crippen LogP contribution is 2.32. The van der Waals surface area contributed by atoms with Gasteiger partial charge < -0.3 is 4.98 Å². The van der Waals surface area contributed by atoms with E-state index < -0.39 is 0 Å². The molecule has 0 aliphatic heterocycles. The zero-order valence-corrected chi connectivity index (χ0v) is 9.26. The maximum atomic E-state index is 8.90. The lowest BCUT2D eigenvalue weighted by Crippen LogP contribution is -2.17. The first-order valence-electron chi connectivity index (χ1n) is 4.48. The average molecular weight is 239 g/mol. The molecule has 1 heterocycles. The summed E-state index contributed by atoms with van der Waals surface area (Å²) in [4.78, 5) is 2.89. The van der Waals surface area contributed by atoms with Gasteiger partial charge in [0.2, 0.25) is 0 Å². The van der Waals surface area contributed by atoms with Gasteiger partial charge in [-0.1, -0.05) is 18.2 Å². The first-order valence-corrected chi connectivity index (χ1v) is 5.35. The van der Waals surface area contributed by atoms with E-state index in [1.807, 2.05) is 18.2 Å². The number of alkyl halides is 2. The topological polar surface area (TPSA) is 39.6 Å². The third-order valence-corrected chi connectivity index (χ3v) is 3.36. The Labute approximate surface area is 97.8 Å². The molecule has 76 valence electrons. The molecule has 1 aromatic heterocycles. The molecule has 1 aliphatic carbocycles. The molecule has 0 amide bonds. The van der Waals surface area contributed by atoms with Crippen LogP contribution in [-0.2, 0) is 0 Å². The molecule has 2 rings (SSSR count). The average Bonchev–Trinajstić information content (AvgIpc) is 2.70. The lowest BCUT2D eigenvalue weighted by Gasteiger charge is -2.19. The second-order valence-corrected chi connectivity index (χ2v) is 4.22. The normalized spacial score (nSPS) is 24.7. The van der Waals surface area contributed by atoms with Crippen molar-refractivity contribution in [1.82, 2.24) is 4.98 Å². The number of nitrogens with one attached hydrogen (secondary N) is 1.